The van der Waals surface area contributed by atoms with Crippen molar-refractivity contribution in [2.75, 3.05) is 6.54 Å². The van der Waals surface area contributed by atoms with Gasteiger partial charge in [0.1, 0.15) is 0 Å². The number of halogens is 1. The molecule has 1 aromatic rings. The summed E-state index contributed by atoms with van der Waals surface area (Å²) in [5.41, 5.74) is 1.11. The largest absolute Gasteiger partial charge is 0.348 e. The molecular weight excluding hydrogens is 304 g/mol. The highest BCUT2D eigenvalue weighted by atomic mass is 79.9. The molecule has 2 unspecified atom stereocenters. The fourth-order valence-corrected chi connectivity index (χ4v) is 3.15. The second-order valence-corrected chi connectivity index (χ2v) is 6.24. The summed E-state index contributed by atoms with van der Waals surface area (Å²) in [7, 11) is 0. The van der Waals surface area contributed by atoms with E-state index in [0.29, 0.717) is 5.92 Å². The Bertz CT molecular complexity index is 450. The lowest BCUT2D eigenvalue weighted by Gasteiger charge is -2.28. The number of hydrogen-bond donors (Lipinski definition) is 2. The van der Waals surface area contributed by atoms with Gasteiger partial charge in [-0.2, -0.15) is 0 Å². The predicted molar refractivity (Wildman–Crippen MR) is 80.9 cm³/mol. The van der Waals surface area contributed by atoms with E-state index in [1.54, 1.807) is 0 Å². The number of nitrogens with one attached hydrogen (secondary N) is 2. The molecule has 2 N–H and O–H groups in total. The van der Waals surface area contributed by atoms with E-state index in [1.165, 1.54) is 0 Å². The number of rotatable bonds is 3. The van der Waals surface area contributed by atoms with Crippen LogP contribution in [-0.4, -0.2) is 18.5 Å². The van der Waals surface area contributed by atoms with Crippen LogP contribution in [0.4, 0.5) is 0 Å². The third-order valence-corrected chi connectivity index (χ3v) is 4.44. The molecule has 4 heteroatoms. The first kappa shape index (κ1) is 14.5. The molecule has 0 aromatic heterocycles. The van der Waals surface area contributed by atoms with E-state index < -0.39 is 0 Å². The van der Waals surface area contributed by atoms with Crippen LogP contribution in [0, 0.1) is 5.92 Å². The highest BCUT2D eigenvalue weighted by Gasteiger charge is 2.25. The molecule has 2 rings (SSSR count). The highest BCUT2D eigenvalue weighted by molar-refractivity contribution is 9.10. The van der Waals surface area contributed by atoms with Crippen LogP contribution in [0.1, 0.15) is 38.3 Å². The quantitative estimate of drug-likeness (QED) is 0.897. The molecule has 3 atom stereocenters. The minimum atomic E-state index is -0.0475. The Morgan fingerprint density at radius 2 is 2.21 bits per heavy atom. The van der Waals surface area contributed by atoms with Gasteiger partial charge in [0.2, 0.25) is 5.91 Å². The van der Waals surface area contributed by atoms with E-state index in [2.05, 4.69) is 33.5 Å². The predicted octanol–water partition coefficient (Wildman–Crippen LogP) is 3.01. The van der Waals surface area contributed by atoms with Crippen molar-refractivity contribution in [3.8, 4) is 0 Å². The van der Waals surface area contributed by atoms with Crippen LogP contribution >= 0.6 is 15.9 Å². The van der Waals surface area contributed by atoms with Crippen molar-refractivity contribution in [1.82, 2.24) is 10.6 Å². The van der Waals surface area contributed by atoms with Gasteiger partial charge in [-0.15, -0.1) is 0 Å². The minimum absolute atomic E-state index is 0.0158. The third-order valence-electron chi connectivity index (χ3n) is 3.71. The van der Waals surface area contributed by atoms with Crippen molar-refractivity contribution < 1.29 is 4.79 Å². The Balaban J connectivity index is 1.97. The average Bonchev–Trinajstić information content (AvgIpc) is 2.39. The van der Waals surface area contributed by atoms with Crippen LogP contribution in [0.15, 0.2) is 28.7 Å². The molecule has 1 heterocycles. The van der Waals surface area contributed by atoms with Crippen molar-refractivity contribution >= 4 is 21.8 Å². The van der Waals surface area contributed by atoms with E-state index in [1.807, 2.05) is 31.2 Å². The number of hydrogen-bond acceptors (Lipinski definition) is 2. The third kappa shape index (κ3) is 3.80. The highest BCUT2D eigenvalue weighted by Crippen LogP contribution is 2.23. The molecule has 3 nitrogen and oxygen atoms in total. The summed E-state index contributed by atoms with van der Waals surface area (Å²) in [4.78, 5) is 12.2. The maximum absolute atomic E-state index is 12.2. The smallest absolute Gasteiger partial charge is 0.237 e. The van der Waals surface area contributed by atoms with E-state index in [-0.39, 0.29) is 18.0 Å². The Labute approximate surface area is 123 Å². The van der Waals surface area contributed by atoms with E-state index in [4.69, 9.17) is 0 Å². The molecule has 1 aliphatic rings. The van der Waals surface area contributed by atoms with Crippen molar-refractivity contribution in [2.45, 2.75) is 38.8 Å². The maximum Gasteiger partial charge on any atom is 0.237 e. The molecule has 0 saturated carbocycles. The number of amides is 1. The molecule has 104 valence electrons. The molecule has 1 aliphatic heterocycles. The first-order valence-corrected chi connectivity index (χ1v) is 7.65. The van der Waals surface area contributed by atoms with Crippen LogP contribution in [0.3, 0.4) is 0 Å². The van der Waals surface area contributed by atoms with Gasteiger partial charge in [0.15, 0.2) is 0 Å². The Kier molecular flexibility index (Phi) is 4.99. The average molecular weight is 325 g/mol. The van der Waals surface area contributed by atoms with E-state index in [9.17, 15) is 4.79 Å². The van der Waals surface area contributed by atoms with Gasteiger partial charge in [-0.25, -0.2) is 0 Å². The lowest BCUT2D eigenvalue weighted by molar-refractivity contribution is -0.124. The van der Waals surface area contributed by atoms with E-state index >= 15 is 0 Å². The van der Waals surface area contributed by atoms with Crippen molar-refractivity contribution in [3.63, 3.8) is 0 Å². The van der Waals surface area contributed by atoms with Crippen LogP contribution < -0.4 is 10.6 Å². The maximum atomic E-state index is 12.2. The van der Waals surface area contributed by atoms with Gasteiger partial charge in [-0.3, -0.25) is 4.79 Å². The molecule has 1 saturated heterocycles. The number of carbonyl (C=O) groups excluding carboxylic acids is 1. The van der Waals surface area contributed by atoms with Gasteiger partial charge in [0, 0.05) is 4.47 Å². The fourth-order valence-electron chi connectivity index (χ4n) is 2.53. The molecule has 19 heavy (non-hydrogen) atoms. The standard InChI is InChI=1S/C15H21BrN2O/c1-10-7-8-17-14(9-10)15(19)18-11(2)12-5-3-4-6-13(12)16/h3-6,10-11,14,17H,7-9H2,1-2H3,(H,18,19)/t10?,11-,14?/m0/s1. The Hall–Kier alpha value is -0.870. The molecule has 1 amide bonds. The first-order valence-electron chi connectivity index (χ1n) is 6.86. The number of piperidine rings is 1. The lowest BCUT2D eigenvalue weighted by Crippen LogP contribution is -2.48. The van der Waals surface area contributed by atoms with Crippen molar-refractivity contribution in [1.29, 1.82) is 0 Å². The van der Waals surface area contributed by atoms with Crippen LogP contribution in [0.2, 0.25) is 0 Å². The second kappa shape index (κ2) is 6.53. The summed E-state index contributed by atoms with van der Waals surface area (Å²) in [6.45, 7) is 5.16. The Morgan fingerprint density at radius 1 is 1.47 bits per heavy atom. The zero-order chi connectivity index (χ0) is 13.8. The van der Waals surface area contributed by atoms with Crippen LogP contribution in [0.25, 0.3) is 0 Å². The van der Waals surface area contributed by atoms with Gasteiger partial charge >= 0.3 is 0 Å². The topological polar surface area (TPSA) is 41.1 Å². The van der Waals surface area contributed by atoms with Gasteiger partial charge in [-0.1, -0.05) is 41.1 Å². The van der Waals surface area contributed by atoms with Crippen molar-refractivity contribution in [3.05, 3.63) is 34.3 Å². The monoisotopic (exact) mass is 324 g/mol. The zero-order valence-electron chi connectivity index (χ0n) is 11.4. The van der Waals surface area contributed by atoms with Crippen LogP contribution in [-0.2, 0) is 4.79 Å². The van der Waals surface area contributed by atoms with Crippen molar-refractivity contribution in [2.24, 2.45) is 5.92 Å². The number of benzene rings is 1. The van der Waals surface area contributed by atoms with Crippen LogP contribution in [0.5, 0.6) is 0 Å². The summed E-state index contributed by atoms with van der Waals surface area (Å²) in [6, 6.07) is 7.97. The summed E-state index contributed by atoms with van der Waals surface area (Å²) in [5, 5.41) is 6.39. The van der Waals surface area contributed by atoms with E-state index in [0.717, 1.165) is 29.4 Å². The zero-order valence-corrected chi connectivity index (χ0v) is 13.0. The lowest BCUT2D eigenvalue weighted by atomic mass is 9.93. The molecule has 1 aromatic carbocycles. The van der Waals surface area contributed by atoms with Gasteiger partial charge < -0.3 is 10.6 Å². The molecular formula is C15H21BrN2O. The molecule has 0 radical (unpaired) electrons. The summed E-state index contributed by atoms with van der Waals surface area (Å²) < 4.78 is 1.03. The normalized spacial score (nSPS) is 24.8. The number of carbonyl (C=O) groups is 1. The molecule has 1 fully saturated rings. The van der Waals surface area contributed by atoms with Gasteiger partial charge in [-0.05, 0) is 43.9 Å². The fraction of sp³-hybridized carbons (Fsp3) is 0.533. The minimum Gasteiger partial charge on any atom is -0.348 e. The molecule has 0 bridgehead atoms. The molecule has 0 aliphatic carbocycles. The Morgan fingerprint density at radius 3 is 2.89 bits per heavy atom. The molecule has 0 spiro atoms. The summed E-state index contributed by atoms with van der Waals surface area (Å²) >= 11 is 3.53. The summed E-state index contributed by atoms with van der Waals surface area (Å²) in [5.74, 6) is 0.727. The van der Waals surface area contributed by atoms with Gasteiger partial charge in [0.25, 0.3) is 0 Å². The summed E-state index contributed by atoms with van der Waals surface area (Å²) in [6.07, 6.45) is 2.08. The first-order chi connectivity index (χ1) is 9.08. The second-order valence-electron chi connectivity index (χ2n) is 5.39. The van der Waals surface area contributed by atoms with Gasteiger partial charge in [0.05, 0.1) is 12.1 Å². The SMILES string of the molecule is CC1CCNC(C(=O)N[C@@H](C)c2ccccc2Br)C1.